The molecule has 1 unspecified atom stereocenters. The van der Waals surface area contributed by atoms with Crippen LogP contribution in [0.2, 0.25) is 0 Å². The first-order valence-electron chi connectivity index (χ1n) is 21.5. The van der Waals surface area contributed by atoms with Crippen LogP contribution in [0.4, 0.5) is 5.69 Å². The van der Waals surface area contributed by atoms with Crippen LogP contribution in [0.25, 0.3) is 83.2 Å². The molecule has 6 aromatic carbocycles. The van der Waals surface area contributed by atoms with Crippen molar-refractivity contribution in [2.75, 3.05) is 5.73 Å². The lowest BCUT2D eigenvalue weighted by Crippen LogP contribution is -2.13. The molecule has 63 heavy (non-hydrogen) atoms. The summed E-state index contributed by atoms with van der Waals surface area (Å²) in [5, 5.41) is 4.83. The smallest absolute Gasteiger partial charge is 0.115 e. The fraction of sp³-hybridized carbons (Fsp3) is 0.0714. The second-order valence-corrected chi connectivity index (χ2v) is 16.1. The molecule has 11 rings (SSSR count). The topological polar surface area (TPSA) is 92.1 Å². The molecule has 0 aliphatic heterocycles. The molecule has 7 heteroatoms. The summed E-state index contributed by atoms with van der Waals surface area (Å²) >= 11 is 0. The summed E-state index contributed by atoms with van der Waals surface area (Å²) in [6.45, 7) is 2.46. The number of fused-ring (bicyclic) bond motifs is 7. The number of rotatable bonds is 9. The molecule has 10 aromatic rings. The Balaban J connectivity index is 0.976. The Bertz CT molecular complexity index is 3540. The van der Waals surface area contributed by atoms with E-state index in [1.807, 2.05) is 79.9 Å². The van der Waals surface area contributed by atoms with E-state index in [2.05, 4.69) is 146 Å². The predicted octanol–water partition coefficient (Wildman–Crippen LogP) is 13.0. The van der Waals surface area contributed by atoms with Crippen LogP contribution in [0, 0.1) is 0 Å². The maximum atomic E-state index is 6.72. The number of nitrogens with two attached hydrogens (primary N) is 2. The molecule has 7 nitrogen and oxygen atoms in total. The number of hydrogen-bond donors (Lipinski definition) is 2. The van der Waals surface area contributed by atoms with E-state index in [0.717, 1.165) is 51.0 Å². The first-order valence-corrected chi connectivity index (χ1v) is 21.5. The Labute approximate surface area is 365 Å². The van der Waals surface area contributed by atoms with Crippen LogP contribution in [-0.2, 0) is 6.67 Å². The van der Waals surface area contributed by atoms with E-state index in [1.54, 1.807) is 0 Å². The van der Waals surface area contributed by atoms with Gasteiger partial charge in [0, 0.05) is 45.6 Å². The number of hydrogen-bond acceptors (Lipinski definition) is 4. The van der Waals surface area contributed by atoms with Gasteiger partial charge in [-0.1, -0.05) is 127 Å². The Hall–Kier alpha value is -8.16. The molecule has 0 radical (unpaired) electrons. The van der Waals surface area contributed by atoms with E-state index in [1.165, 1.54) is 49.4 Å². The zero-order chi connectivity index (χ0) is 42.4. The number of para-hydroxylation sites is 2. The zero-order valence-electron chi connectivity index (χ0n) is 34.9. The van der Waals surface area contributed by atoms with Gasteiger partial charge >= 0.3 is 0 Å². The first-order chi connectivity index (χ1) is 31.1. The largest absolute Gasteiger partial charge is 0.398 e. The molecular formula is C56H45N7. The van der Waals surface area contributed by atoms with Crippen molar-refractivity contribution in [1.82, 2.24) is 18.7 Å². The molecular weight excluding hydrogens is 771 g/mol. The third kappa shape index (κ3) is 6.53. The van der Waals surface area contributed by atoms with Gasteiger partial charge in [0.1, 0.15) is 12.2 Å². The van der Waals surface area contributed by atoms with Crippen molar-refractivity contribution in [1.29, 1.82) is 0 Å². The molecule has 1 atom stereocenters. The van der Waals surface area contributed by atoms with Gasteiger partial charge < -0.3 is 25.2 Å². The van der Waals surface area contributed by atoms with E-state index in [-0.39, 0.29) is 6.04 Å². The molecule has 0 saturated carbocycles. The van der Waals surface area contributed by atoms with Crippen molar-refractivity contribution < 1.29 is 0 Å². The molecule has 1 aliphatic rings. The van der Waals surface area contributed by atoms with Crippen molar-refractivity contribution in [3.05, 3.63) is 211 Å². The highest BCUT2D eigenvalue weighted by molar-refractivity contribution is 6.14. The Kier molecular flexibility index (Phi) is 9.42. The quantitative estimate of drug-likeness (QED) is 0.142. The highest BCUT2D eigenvalue weighted by Crippen LogP contribution is 2.41. The number of nitrogen functional groups attached to an aromatic ring is 1. The van der Waals surface area contributed by atoms with Gasteiger partial charge in [-0.15, -0.1) is 0 Å². The predicted molar refractivity (Wildman–Crippen MR) is 265 cm³/mol. The third-order valence-corrected chi connectivity index (χ3v) is 12.4. The third-order valence-electron chi connectivity index (χ3n) is 12.4. The number of aliphatic imine (C=N–C) groups is 1. The van der Waals surface area contributed by atoms with E-state index >= 15 is 0 Å². The van der Waals surface area contributed by atoms with Crippen LogP contribution in [0.3, 0.4) is 0 Å². The Morgan fingerprint density at radius 2 is 1.29 bits per heavy atom. The maximum Gasteiger partial charge on any atom is 0.115 e. The molecule has 0 fully saturated rings. The average Bonchev–Trinajstić information content (AvgIpc) is 3.95. The molecule has 0 spiro atoms. The second-order valence-electron chi connectivity index (χ2n) is 16.1. The molecule has 4 heterocycles. The fourth-order valence-corrected chi connectivity index (χ4v) is 9.54. The number of nitrogens with zero attached hydrogens (tertiary/aromatic N) is 5. The summed E-state index contributed by atoms with van der Waals surface area (Å²) in [5.74, 6) is 0. The molecule has 304 valence electrons. The van der Waals surface area contributed by atoms with Crippen LogP contribution in [0.1, 0.15) is 36.2 Å². The summed E-state index contributed by atoms with van der Waals surface area (Å²) in [6, 6.07) is 55.6. The normalized spacial score (nSPS) is 14.9. The van der Waals surface area contributed by atoms with Gasteiger partial charge in [-0.3, -0.25) is 9.98 Å². The van der Waals surface area contributed by atoms with Crippen molar-refractivity contribution in [2.24, 2.45) is 10.7 Å². The van der Waals surface area contributed by atoms with E-state index in [0.29, 0.717) is 18.1 Å². The first kappa shape index (κ1) is 37.8. The van der Waals surface area contributed by atoms with E-state index in [9.17, 15) is 0 Å². The van der Waals surface area contributed by atoms with Gasteiger partial charge in [-0.2, -0.15) is 0 Å². The lowest BCUT2D eigenvalue weighted by Gasteiger charge is -2.24. The minimum atomic E-state index is 0.0593. The number of allylic oxidation sites excluding steroid dienone is 6. The zero-order valence-corrected chi connectivity index (χ0v) is 34.9. The number of benzene rings is 6. The van der Waals surface area contributed by atoms with Crippen molar-refractivity contribution >= 4 is 83.5 Å². The van der Waals surface area contributed by atoms with Gasteiger partial charge in [0.25, 0.3) is 0 Å². The molecule has 0 saturated heterocycles. The van der Waals surface area contributed by atoms with Crippen molar-refractivity contribution in [3.8, 4) is 11.1 Å². The van der Waals surface area contributed by atoms with Crippen LogP contribution >= 0.6 is 0 Å². The van der Waals surface area contributed by atoms with Gasteiger partial charge in [-0.05, 0) is 95.9 Å². The van der Waals surface area contributed by atoms with Gasteiger partial charge in [0.2, 0.25) is 0 Å². The molecule has 1 aliphatic carbocycles. The summed E-state index contributed by atoms with van der Waals surface area (Å²) in [4.78, 5) is 9.90. The lowest BCUT2D eigenvalue weighted by atomic mass is 10.0. The number of pyridine rings is 1. The average molecular weight is 816 g/mol. The van der Waals surface area contributed by atoms with Crippen LogP contribution < -0.4 is 11.5 Å². The molecule has 4 N–H and O–H groups in total. The van der Waals surface area contributed by atoms with E-state index in [4.69, 9.17) is 16.5 Å². The molecule has 0 bridgehead atoms. The number of aromatic nitrogens is 4. The molecule has 4 aromatic heterocycles. The monoisotopic (exact) mass is 815 g/mol. The summed E-state index contributed by atoms with van der Waals surface area (Å²) in [7, 11) is 0. The van der Waals surface area contributed by atoms with Gasteiger partial charge in [-0.25, -0.2) is 0 Å². The lowest BCUT2D eigenvalue weighted by molar-refractivity contribution is 0.624. The van der Waals surface area contributed by atoms with Crippen LogP contribution in [0.5, 0.6) is 0 Å². The minimum absolute atomic E-state index is 0.0593. The summed E-state index contributed by atoms with van der Waals surface area (Å²) in [5.41, 5.74) is 28.6. The molecule has 0 amide bonds. The highest BCUT2D eigenvalue weighted by atomic mass is 15.1. The summed E-state index contributed by atoms with van der Waals surface area (Å²) in [6.07, 6.45) is 15.5. The number of anilines is 1. The minimum Gasteiger partial charge on any atom is -0.398 e. The maximum absolute atomic E-state index is 6.72. The van der Waals surface area contributed by atoms with Crippen LogP contribution in [-0.4, -0.2) is 24.4 Å². The van der Waals surface area contributed by atoms with Crippen molar-refractivity contribution in [3.63, 3.8) is 0 Å². The summed E-state index contributed by atoms with van der Waals surface area (Å²) < 4.78 is 7.09. The van der Waals surface area contributed by atoms with Crippen LogP contribution in [0.15, 0.2) is 199 Å². The van der Waals surface area contributed by atoms with E-state index < -0.39 is 0 Å². The second kappa shape index (κ2) is 15.7. The van der Waals surface area contributed by atoms with Gasteiger partial charge in [0.15, 0.2) is 0 Å². The SMILES string of the molecule is C/C=C\c1c(N)c2ncccc2n1C1C=CC=C(n2c3ccccc3c3cc(-c4ccc5c(c4)c4ccccc4n5C/N=C(\C=C(/N)c4ccccc4)c4ccccc4)ccc32)C1. The Morgan fingerprint density at radius 3 is 2.03 bits per heavy atom. The van der Waals surface area contributed by atoms with Gasteiger partial charge in [0.05, 0.1) is 50.7 Å². The Morgan fingerprint density at radius 1 is 0.683 bits per heavy atom. The standard InChI is InChI=1S/C56H45N7/c1-2-15-53-55(58)56-54(26-14-31-59-56)63(53)42-21-13-20-41(34-42)62-51-25-12-10-23-44(51)46-33-40(28-30-52(46)62)39-27-29-50-45(32-39)43-22-9-11-24-49(43)61(50)36-60-48(38-18-7-4-8-19-38)35-47(57)37-16-5-3-6-17-37/h2-33,35,42H,34,36,57-58H2,1H3/b15-2-,47-35-,60-48+. The fourth-order valence-electron chi connectivity index (χ4n) is 9.54. The highest BCUT2D eigenvalue weighted by Gasteiger charge is 2.24. The van der Waals surface area contributed by atoms with Crippen molar-refractivity contribution in [2.45, 2.75) is 26.1 Å².